The molecule has 2 rings (SSSR count). The summed E-state index contributed by atoms with van der Waals surface area (Å²) in [4.78, 5) is 10.6. The molecule has 1 aromatic carbocycles. The normalized spacial score (nSPS) is 11.0. The maximum Gasteiger partial charge on any atom is 0.137 e. The molecule has 0 fully saturated rings. The van der Waals surface area contributed by atoms with E-state index in [1.165, 1.54) is 0 Å². The first-order valence-corrected chi connectivity index (χ1v) is 5.55. The number of hydrogen-bond acceptors (Lipinski definition) is 5. The molecular formula is C12H17N5. The van der Waals surface area contributed by atoms with E-state index in [9.17, 15) is 0 Å². The van der Waals surface area contributed by atoms with Crippen LogP contribution in [0.2, 0.25) is 0 Å². The van der Waals surface area contributed by atoms with Gasteiger partial charge >= 0.3 is 0 Å². The second-order valence-corrected chi connectivity index (χ2v) is 4.23. The van der Waals surface area contributed by atoms with E-state index in [-0.39, 0.29) is 0 Å². The van der Waals surface area contributed by atoms with Gasteiger partial charge in [-0.3, -0.25) is 0 Å². The van der Waals surface area contributed by atoms with Gasteiger partial charge in [0.15, 0.2) is 0 Å². The van der Waals surface area contributed by atoms with Gasteiger partial charge in [0, 0.05) is 24.2 Å². The van der Waals surface area contributed by atoms with Crippen molar-refractivity contribution in [1.29, 1.82) is 0 Å². The van der Waals surface area contributed by atoms with Crippen molar-refractivity contribution >= 4 is 22.4 Å². The molecule has 0 radical (unpaired) electrons. The minimum atomic E-state index is 0.718. The monoisotopic (exact) mass is 231 g/mol. The van der Waals surface area contributed by atoms with E-state index in [2.05, 4.69) is 20.2 Å². The number of fused-ring (bicyclic) bond motifs is 1. The van der Waals surface area contributed by atoms with Crippen LogP contribution in [0, 0.1) is 0 Å². The molecule has 0 unspecified atom stereocenters. The highest BCUT2D eigenvalue weighted by Gasteiger charge is 2.03. The zero-order valence-corrected chi connectivity index (χ0v) is 10.1. The van der Waals surface area contributed by atoms with Crippen LogP contribution in [0.1, 0.15) is 0 Å². The topological polar surface area (TPSA) is 67.1 Å². The summed E-state index contributed by atoms with van der Waals surface area (Å²) in [5.41, 5.74) is 7.31. The number of likely N-dealkylation sites (N-methyl/N-ethyl adjacent to an activating group) is 1. The second-order valence-electron chi connectivity index (χ2n) is 4.23. The van der Waals surface area contributed by atoms with E-state index in [1.54, 1.807) is 6.33 Å². The maximum atomic E-state index is 5.73. The number of nitrogens with one attached hydrogen (secondary N) is 1. The van der Waals surface area contributed by atoms with E-state index in [1.807, 2.05) is 32.3 Å². The summed E-state index contributed by atoms with van der Waals surface area (Å²) in [7, 11) is 4.08. The zero-order chi connectivity index (χ0) is 12.3. The van der Waals surface area contributed by atoms with Crippen LogP contribution in [-0.2, 0) is 0 Å². The number of benzene rings is 1. The smallest absolute Gasteiger partial charge is 0.137 e. The van der Waals surface area contributed by atoms with Gasteiger partial charge in [0.1, 0.15) is 12.1 Å². The Hall–Kier alpha value is -1.88. The summed E-state index contributed by atoms with van der Waals surface area (Å²) in [6.07, 6.45) is 1.56. The lowest BCUT2D eigenvalue weighted by Gasteiger charge is -2.12. The number of anilines is 2. The molecule has 2 aromatic rings. The SMILES string of the molecule is CN(C)CCNc1ncnc2cc(N)ccc12. The Kier molecular flexibility index (Phi) is 3.39. The Balaban J connectivity index is 2.22. The molecule has 17 heavy (non-hydrogen) atoms. The first-order valence-electron chi connectivity index (χ1n) is 5.55. The number of nitrogens with two attached hydrogens (primary N) is 1. The molecule has 0 bridgehead atoms. The molecule has 0 spiro atoms. The lowest BCUT2D eigenvalue weighted by atomic mass is 10.2. The Morgan fingerprint density at radius 1 is 1.29 bits per heavy atom. The van der Waals surface area contributed by atoms with Crippen molar-refractivity contribution < 1.29 is 0 Å². The van der Waals surface area contributed by atoms with Crippen molar-refractivity contribution in [2.75, 3.05) is 38.2 Å². The summed E-state index contributed by atoms with van der Waals surface area (Å²) >= 11 is 0. The van der Waals surface area contributed by atoms with Crippen LogP contribution in [-0.4, -0.2) is 42.1 Å². The molecule has 0 saturated heterocycles. The summed E-state index contributed by atoms with van der Waals surface area (Å²) in [6.45, 7) is 1.81. The molecule has 0 aliphatic carbocycles. The number of aromatic nitrogens is 2. The molecule has 5 heteroatoms. The van der Waals surface area contributed by atoms with Crippen molar-refractivity contribution in [3.05, 3.63) is 24.5 Å². The van der Waals surface area contributed by atoms with Gasteiger partial charge in [0.05, 0.1) is 5.52 Å². The molecule has 1 aromatic heterocycles. The lowest BCUT2D eigenvalue weighted by Crippen LogP contribution is -2.21. The van der Waals surface area contributed by atoms with Gasteiger partial charge in [-0.2, -0.15) is 0 Å². The summed E-state index contributed by atoms with van der Waals surface area (Å²) in [6, 6.07) is 5.67. The quantitative estimate of drug-likeness (QED) is 0.774. The van der Waals surface area contributed by atoms with Crippen LogP contribution in [0.3, 0.4) is 0 Å². The van der Waals surface area contributed by atoms with Crippen LogP contribution in [0.5, 0.6) is 0 Å². The van der Waals surface area contributed by atoms with Crippen molar-refractivity contribution in [2.24, 2.45) is 0 Å². The predicted molar refractivity (Wildman–Crippen MR) is 71.0 cm³/mol. The van der Waals surface area contributed by atoms with Crippen LogP contribution < -0.4 is 11.1 Å². The third-order valence-corrected chi connectivity index (χ3v) is 2.51. The highest BCUT2D eigenvalue weighted by atomic mass is 15.1. The fourth-order valence-corrected chi connectivity index (χ4v) is 1.61. The number of hydrogen-bond donors (Lipinski definition) is 2. The first kappa shape index (κ1) is 11.6. The van der Waals surface area contributed by atoms with E-state index in [0.29, 0.717) is 0 Å². The minimum absolute atomic E-state index is 0.718. The van der Waals surface area contributed by atoms with Crippen molar-refractivity contribution in [3.8, 4) is 0 Å². The van der Waals surface area contributed by atoms with Gasteiger partial charge in [-0.1, -0.05) is 0 Å². The lowest BCUT2D eigenvalue weighted by molar-refractivity contribution is 0.425. The average molecular weight is 231 g/mol. The standard InChI is InChI=1S/C12H17N5/c1-17(2)6-5-14-12-10-4-3-9(13)7-11(10)15-8-16-12/h3-4,7-8H,5-6,13H2,1-2H3,(H,14,15,16). The highest BCUT2D eigenvalue weighted by Crippen LogP contribution is 2.20. The van der Waals surface area contributed by atoms with Gasteiger partial charge < -0.3 is 16.0 Å². The first-order chi connectivity index (χ1) is 8.16. The maximum absolute atomic E-state index is 5.73. The Labute approximate surface area is 101 Å². The molecule has 0 saturated carbocycles. The van der Waals surface area contributed by atoms with Gasteiger partial charge in [-0.05, 0) is 32.3 Å². The Morgan fingerprint density at radius 3 is 2.88 bits per heavy atom. The largest absolute Gasteiger partial charge is 0.399 e. The van der Waals surface area contributed by atoms with E-state index < -0.39 is 0 Å². The summed E-state index contributed by atoms with van der Waals surface area (Å²) < 4.78 is 0. The summed E-state index contributed by atoms with van der Waals surface area (Å²) in [5.74, 6) is 0.858. The van der Waals surface area contributed by atoms with Gasteiger partial charge in [-0.25, -0.2) is 9.97 Å². The van der Waals surface area contributed by atoms with E-state index >= 15 is 0 Å². The van der Waals surface area contributed by atoms with E-state index in [4.69, 9.17) is 5.73 Å². The molecule has 5 nitrogen and oxygen atoms in total. The highest BCUT2D eigenvalue weighted by molar-refractivity contribution is 5.90. The fourth-order valence-electron chi connectivity index (χ4n) is 1.61. The van der Waals surface area contributed by atoms with Gasteiger partial charge in [-0.15, -0.1) is 0 Å². The molecule has 0 atom stereocenters. The van der Waals surface area contributed by atoms with Crippen LogP contribution >= 0.6 is 0 Å². The third-order valence-electron chi connectivity index (χ3n) is 2.51. The van der Waals surface area contributed by atoms with Crippen LogP contribution in [0.4, 0.5) is 11.5 Å². The fraction of sp³-hybridized carbons (Fsp3) is 0.333. The van der Waals surface area contributed by atoms with Crippen molar-refractivity contribution in [2.45, 2.75) is 0 Å². The minimum Gasteiger partial charge on any atom is -0.399 e. The average Bonchev–Trinajstić information content (AvgIpc) is 2.28. The zero-order valence-electron chi connectivity index (χ0n) is 10.1. The Morgan fingerprint density at radius 2 is 2.12 bits per heavy atom. The third kappa shape index (κ3) is 2.82. The molecular weight excluding hydrogens is 214 g/mol. The van der Waals surface area contributed by atoms with Crippen LogP contribution in [0.25, 0.3) is 10.9 Å². The Bertz CT molecular complexity index is 509. The van der Waals surface area contributed by atoms with Crippen LogP contribution in [0.15, 0.2) is 24.5 Å². The van der Waals surface area contributed by atoms with Gasteiger partial charge in [0.2, 0.25) is 0 Å². The summed E-state index contributed by atoms with van der Waals surface area (Å²) in [5, 5.41) is 4.31. The number of rotatable bonds is 4. The molecule has 1 heterocycles. The molecule has 3 N–H and O–H groups in total. The number of nitrogen functional groups attached to an aromatic ring is 1. The van der Waals surface area contributed by atoms with Crippen molar-refractivity contribution in [1.82, 2.24) is 14.9 Å². The second kappa shape index (κ2) is 4.97. The van der Waals surface area contributed by atoms with E-state index in [0.717, 1.165) is 35.5 Å². The molecule has 0 amide bonds. The molecule has 90 valence electrons. The van der Waals surface area contributed by atoms with Gasteiger partial charge in [0.25, 0.3) is 0 Å². The molecule has 0 aliphatic rings. The van der Waals surface area contributed by atoms with Crippen molar-refractivity contribution in [3.63, 3.8) is 0 Å². The predicted octanol–water partition coefficient (Wildman–Crippen LogP) is 1.19. The number of nitrogens with zero attached hydrogens (tertiary/aromatic N) is 3. The molecule has 0 aliphatic heterocycles.